The molecular formula is C26H32N2O5. The fraction of sp³-hybridized carbons (Fsp3) is 0.423. The van der Waals surface area contributed by atoms with Crippen molar-refractivity contribution in [2.45, 2.75) is 52.1 Å². The van der Waals surface area contributed by atoms with Gasteiger partial charge in [-0.25, -0.2) is 4.79 Å². The van der Waals surface area contributed by atoms with Gasteiger partial charge in [-0.15, -0.1) is 0 Å². The minimum absolute atomic E-state index is 0.0703. The van der Waals surface area contributed by atoms with E-state index in [1.165, 1.54) is 4.90 Å². The van der Waals surface area contributed by atoms with Gasteiger partial charge >= 0.3 is 12.1 Å². The molecule has 0 bridgehead atoms. The number of nitrogens with zero attached hydrogens (tertiary/aromatic N) is 1. The number of rotatable bonds is 9. The van der Waals surface area contributed by atoms with Crippen molar-refractivity contribution >= 4 is 18.0 Å². The van der Waals surface area contributed by atoms with Crippen molar-refractivity contribution in [2.24, 2.45) is 5.92 Å². The molecule has 0 saturated carbocycles. The molecule has 7 heteroatoms. The van der Waals surface area contributed by atoms with Crippen LogP contribution in [0.5, 0.6) is 0 Å². The number of fused-ring (bicyclic) bond motifs is 3. The number of carbonyl (C=O) groups is 3. The standard InChI is InChI=1S/C26H32N2O5/c1-16(2)24(25(31)28(17(3)4)14-13-23(29)30)27-26(32)33-15-22-20-11-7-5-9-18(20)19-10-6-8-12-21(19)22/h5-12,16-17,22,24H,13-15H2,1-4H3,(H,27,32)(H,29,30)/t24-/m0/s1. The van der Waals surface area contributed by atoms with Gasteiger partial charge in [-0.1, -0.05) is 62.4 Å². The van der Waals surface area contributed by atoms with E-state index in [9.17, 15) is 14.4 Å². The Morgan fingerprint density at radius 2 is 1.52 bits per heavy atom. The molecule has 1 atom stereocenters. The zero-order valence-corrected chi connectivity index (χ0v) is 19.6. The number of hydrogen-bond acceptors (Lipinski definition) is 4. The maximum absolute atomic E-state index is 13.1. The van der Waals surface area contributed by atoms with Crippen molar-refractivity contribution in [3.05, 3.63) is 59.7 Å². The maximum Gasteiger partial charge on any atom is 0.407 e. The number of carbonyl (C=O) groups excluding carboxylic acids is 2. The topological polar surface area (TPSA) is 95.9 Å². The average molecular weight is 453 g/mol. The summed E-state index contributed by atoms with van der Waals surface area (Å²) in [4.78, 5) is 38.3. The first-order chi connectivity index (χ1) is 15.7. The summed E-state index contributed by atoms with van der Waals surface area (Å²) < 4.78 is 5.59. The van der Waals surface area contributed by atoms with E-state index in [1.54, 1.807) is 0 Å². The molecule has 2 N–H and O–H groups in total. The van der Waals surface area contributed by atoms with Crippen LogP contribution in [0.3, 0.4) is 0 Å². The van der Waals surface area contributed by atoms with Gasteiger partial charge in [0.1, 0.15) is 12.6 Å². The van der Waals surface area contributed by atoms with Gasteiger partial charge in [-0.2, -0.15) is 0 Å². The summed E-state index contributed by atoms with van der Waals surface area (Å²) in [6.07, 6.45) is -0.814. The van der Waals surface area contributed by atoms with Crippen LogP contribution in [0, 0.1) is 5.92 Å². The second-order valence-corrected chi connectivity index (χ2v) is 8.96. The van der Waals surface area contributed by atoms with E-state index in [0.717, 1.165) is 22.3 Å². The molecule has 176 valence electrons. The number of amides is 2. The van der Waals surface area contributed by atoms with Crippen LogP contribution >= 0.6 is 0 Å². The highest BCUT2D eigenvalue weighted by molar-refractivity contribution is 5.86. The lowest BCUT2D eigenvalue weighted by Crippen LogP contribution is -2.53. The molecule has 1 aliphatic rings. The first kappa shape index (κ1) is 24.3. The molecule has 2 amide bonds. The lowest BCUT2D eigenvalue weighted by Gasteiger charge is -2.32. The second-order valence-electron chi connectivity index (χ2n) is 8.96. The molecule has 0 heterocycles. The van der Waals surface area contributed by atoms with E-state index < -0.39 is 18.1 Å². The molecule has 0 aromatic heterocycles. The first-order valence-corrected chi connectivity index (χ1v) is 11.3. The Labute approximate surface area is 194 Å². The van der Waals surface area contributed by atoms with Gasteiger partial charge in [0.05, 0.1) is 6.42 Å². The maximum atomic E-state index is 13.1. The van der Waals surface area contributed by atoms with E-state index >= 15 is 0 Å². The van der Waals surface area contributed by atoms with Crippen LogP contribution in [-0.2, 0) is 14.3 Å². The Morgan fingerprint density at radius 1 is 0.970 bits per heavy atom. The quantitative estimate of drug-likeness (QED) is 0.593. The molecule has 0 fully saturated rings. The van der Waals surface area contributed by atoms with Gasteiger partial charge in [-0.3, -0.25) is 9.59 Å². The molecule has 0 unspecified atom stereocenters. The Morgan fingerprint density at radius 3 is 2.00 bits per heavy atom. The Balaban J connectivity index is 1.68. The molecule has 2 aromatic carbocycles. The summed E-state index contributed by atoms with van der Waals surface area (Å²) >= 11 is 0. The van der Waals surface area contributed by atoms with Crippen LogP contribution < -0.4 is 5.32 Å². The molecule has 0 spiro atoms. The van der Waals surface area contributed by atoms with Gasteiger partial charge in [0.2, 0.25) is 5.91 Å². The largest absolute Gasteiger partial charge is 0.481 e. The van der Waals surface area contributed by atoms with Crippen molar-refractivity contribution < 1.29 is 24.2 Å². The molecule has 2 aromatic rings. The minimum Gasteiger partial charge on any atom is -0.481 e. The molecule has 0 saturated heterocycles. The number of benzene rings is 2. The van der Waals surface area contributed by atoms with Crippen LogP contribution in [0.1, 0.15) is 51.2 Å². The summed E-state index contributed by atoms with van der Waals surface area (Å²) in [7, 11) is 0. The van der Waals surface area contributed by atoms with Crippen LogP contribution in [0.2, 0.25) is 0 Å². The van der Waals surface area contributed by atoms with E-state index in [0.29, 0.717) is 0 Å². The third kappa shape index (κ3) is 5.53. The number of aliphatic carboxylic acids is 1. The van der Waals surface area contributed by atoms with Crippen molar-refractivity contribution in [2.75, 3.05) is 13.2 Å². The predicted molar refractivity (Wildman–Crippen MR) is 126 cm³/mol. The van der Waals surface area contributed by atoms with E-state index in [-0.39, 0.29) is 43.4 Å². The molecule has 7 nitrogen and oxygen atoms in total. The minimum atomic E-state index is -0.973. The van der Waals surface area contributed by atoms with Crippen molar-refractivity contribution in [1.29, 1.82) is 0 Å². The van der Waals surface area contributed by atoms with Crippen LogP contribution in [0.15, 0.2) is 48.5 Å². The Bertz CT molecular complexity index is 972. The summed E-state index contributed by atoms with van der Waals surface area (Å²) in [6, 6.07) is 15.2. The third-order valence-electron chi connectivity index (χ3n) is 6.02. The molecule has 1 aliphatic carbocycles. The van der Waals surface area contributed by atoms with E-state index in [4.69, 9.17) is 9.84 Å². The highest BCUT2D eigenvalue weighted by atomic mass is 16.5. The van der Waals surface area contributed by atoms with Gasteiger partial charge in [0.25, 0.3) is 0 Å². The number of hydrogen-bond donors (Lipinski definition) is 2. The second kappa shape index (κ2) is 10.5. The zero-order valence-electron chi connectivity index (χ0n) is 19.6. The van der Waals surface area contributed by atoms with Crippen molar-refractivity contribution in [1.82, 2.24) is 10.2 Å². The number of carboxylic acids is 1. The smallest absolute Gasteiger partial charge is 0.407 e. The summed E-state index contributed by atoms with van der Waals surface area (Å²) in [6.45, 7) is 7.56. The monoisotopic (exact) mass is 452 g/mol. The fourth-order valence-electron chi connectivity index (χ4n) is 4.30. The summed E-state index contributed by atoms with van der Waals surface area (Å²) in [5, 5.41) is 11.7. The number of ether oxygens (including phenoxy) is 1. The highest BCUT2D eigenvalue weighted by Gasteiger charge is 2.32. The molecule has 3 rings (SSSR count). The van der Waals surface area contributed by atoms with E-state index in [1.807, 2.05) is 64.1 Å². The van der Waals surface area contributed by atoms with Gasteiger partial charge in [0, 0.05) is 18.5 Å². The number of carboxylic acid groups (broad SMARTS) is 1. The lowest BCUT2D eigenvalue weighted by atomic mass is 9.98. The Kier molecular flexibility index (Phi) is 7.74. The average Bonchev–Trinajstić information content (AvgIpc) is 3.09. The number of nitrogens with one attached hydrogen (secondary N) is 1. The highest BCUT2D eigenvalue weighted by Crippen LogP contribution is 2.44. The zero-order chi connectivity index (χ0) is 24.1. The van der Waals surface area contributed by atoms with Gasteiger partial charge < -0.3 is 20.1 Å². The molecular weight excluding hydrogens is 420 g/mol. The van der Waals surface area contributed by atoms with Crippen molar-refractivity contribution in [3.63, 3.8) is 0 Å². The predicted octanol–water partition coefficient (Wildman–Crippen LogP) is 4.26. The fourth-order valence-corrected chi connectivity index (χ4v) is 4.30. The lowest BCUT2D eigenvalue weighted by molar-refractivity contribution is -0.140. The first-order valence-electron chi connectivity index (χ1n) is 11.3. The van der Waals surface area contributed by atoms with Gasteiger partial charge in [-0.05, 0) is 42.0 Å². The van der Waals surface area contributed by atoms with Crippen LogP contribution in [0.4, 0.5) is 4.79 Å². The van der Waals surface area contributed by atoms with E-state index in [2.05, 4.69) is 17.4 Å². The third-order valence-corrected chi connectivity index (χ3v) is 6.02. The molecule has 0 radical (unpaired) electrons. The normalized spacial score (nSPS) is 13.4. The molecule has 0 aliphatic heterocycles. The summed E-state index contributed by atoms with van der Waals surface area (Å²) in [5.74, 6) is -1.54. The van der Waals surface area contributed by atoms with Crippen molar-refractivity contribution in [3.8, 4) is 11.1 Å². The SMILES string of the molecule is CC(C)[C@H](NC(=O)OCC1c2ccccc2-c2ccccc21)C(=O)N(CCC(=O)O)C(C)C. The van der Waals surface area contributed by atoms with Crippen LogP contribution in [-0.4, -0.2) is 53.2 Å². The van der Waals surface area contributed by atoms with Crippen LogP contribution in [0.25, 0.3) is 11.1 Å². The number of alkyl carbamates (subject to hydrolysis) is 1. The Hall–Kier alpha value is -3.35. The molecule has 33 heavy (non-hydrogen) atoms. The summed E-state index contributed by atoms with van der Waals surface area (Å²) in [5.41, 5.74) is 4.51. The van der Waals surface area contributed by atoms with Gasteiger partial charge in [0.15, 0.2) is 0 Å².